The summed E-state index contributed by atoms with van der Waals surface area (Å²) in [6.07, 6.45) is 11.4. The molecule has 5 heteroatoms. The molecule has 4 saturated carbocycles. The lowest BCUT2D eigenvalue weighted by Gasteiger charge is -2.59. The summed E-state index contributed by atoms with van der Waals surface area (Å²) in [5.74, 6) is 2.33. The van der Waals surface area contributed by atoms with Crippen LogP contribution in [0.25, 0.3) is 0 Å². The second kappa shape index (κ2) is 8.03. The summed E-state index contributed by atoms with van der Waals surface area (Å²) < 4.78 is 19.0. The molecule has 0 amide bonds. The van der Waals surface area contributed by atoms with Gasteiger partial charge in [0.15, 0.2) is 5.79 Å². The van der Waals surface area contributed by atoms with Crippen molar-refractivity contribution < 1.29 is 23.8 Å². The molecule has 0 aromatic heterocycles. The molecule has 1 spiro atoms. The zero-order chi connectivity index (χ0) is 23.9. The average Bonchev–Trinajstić information content (AvgIpc) is 3.24. The second-order valence-corrected chi connectivity index (χ2v) is 13.5. The molecule has 6 fully saturated rings. The van der Waals surface area contributed by atoms with E-state index in [2.05, 4.69) is 20.8 Å². The van der Waals surface area contributed by atoms with Crippen LogP contribution in [0.2, 0.25) is 0 Å². The van der Waals surface area contributed by atoms with E-state index in [0.29, 0.717) is 43.2 Å². The van der Waals surface area contributed by atoms with Gasteiger partial charge < -0.3 is 14.2 Å². The van der Waals surface area contributed by atoms with Gasteiger partial charge in [0, 0.05) is 31.6 Å². The van der Waals surface area contributed by atoms with Crippen LogP contribution in [-0.2, 0) is 23.8 Å². The molecule has 190 valence electrons. The summed E-state index contributed by atoms with van der Waals surface area (Å²) >= 11 is 0. The summed E-state index contributed by atoms with van der Waals surface area (Å²) in [6.45, 7) is 9.58. The number of Topliss-reactive ketones (excluding diaryl/α,β-unsaturated/α-hetero) is 1. The van der Waals surface area contributed by atoms with Gasteiger partial charge in [0.25, 0.3) is 0 Å². The quantitative estimate of drug-likeness (QED) is 0.494. The maximum atomic E-state index is 14.1. The van der Waals surface area contributed by atoms with Crippen molar-refractivity contribution in [3.63, 3.8) is 0 Å². The van der Waals surface area contributed by atoms with Crippen molar-refractivity contribution in [2.24, 2.45) is 52.3 Å². The molecule has 6 aliphatic rings. The van der Waals surface area contributed by atoms with Crippen LogP contribution >= 0.6 is 0 Å². The molecule has 0 aromatic carbocycles. The Morgan fingerprint density at radius 1 is 1.09 bits per heavy atom. The number of carbonyl (C=O) groups excluding carboxylic acids is 2. The van der Waals surface area contributed by atoms with Gasteiger partial charge in [0.1, 0.15) is 5.78 Å². The minimum atomic E-state index is -0.655. The number of rotatable bonds is 2. The van der Waals surface area contributed by atoms with E-state index in [0.717, 1.165) is 25.2 Å². The highest BCUT2D eigenvalue weighted by molar-refractivity contribution is 5.84. The lowest BCUT2D eigenvalue weighted by molar-refractivity contribution is -0.279. The summed E-state index contributed by atoms with van der Waals surface area (Å²) in [4.78, 5) is 25.9. The van der Waals surface area contributed by atoms with Gasteiger partial charge in [-0.2, -0.15) is 0 Å². The van der Waals surface area contributed by atoms with Crippen molar-refractivity contribution in [2.75, 3.05) is 13.2 Å². The molecule has 0 bridgehead atoms. The smallest absolute Gasteiger partial charge is 0.302 e. The highest BCUT2D eigenvalue weighted by Crippen LogP contribution is 2.70. The summed E-state index contributed by atoms with van der Waals surface area (Å²) in [7, 11) is 0. The molecular weight excluding hydrogens is 428 g/mol. The van der Waals surface area contributed by atoms with E-state index in [1.165, 1.54) is 45.4 Å². The lowest BCUT2D eigenvalue weighted by Crippen LogP contribution is -2.58. The first-order valence-electron chi connectivity index (χ1n) is 14.2. The Morgan fingerprint density at radius 3 is 2.65 bits per heavy atom. The van der Waals surface area contributed by atoms with Gasteiger partial charge in [0.2, 0.25) is 0 Å². The first kappa shape index (κ1) is 23.5. The van der Waals surface area contributed by atoms with E-state index in [4.69, 9.17) is 14.2 Å². The highest BCUT2D eigenvalue weighted by atomic mass is 16.7. The van der Waals surface area contributed by atoms with E-state index < -0.39 is 5.79 Å². The molecule has 2 saturated heterocycles. The third-order valence-electron chi connectivity index (χ3n) is 11.8. The van der Waals surface area contributed by atoms with Gasteiger partial charge in [-0.25, -0.2) is 0 Å². The monoisotopic (exact) mass is 472 g/mol. The number of ether oxygens (including phenoxy) is 3. The molecule has 2 aliphatic heterocycles. The number of hydrogen-bond donors (Lipinski definition) is 0. The summed E-state index contributed by atoms with van der Waals surface area (Å²) in [5.41, 5.74) is 0.0979. The third-order valence-corrected chi connectivity index (χ3v) is 11.8. The molecule has 11 atom stereocenters. The Balaban J connectivity index is 1.33. The number of hydrogen-bond acceptors (Lipinski definition) is 5. The Morgan fingerprint density at radius 2 is 1.91 bits per heavy atom. The van der Waals surface area contributed by atoms with Crippen LogP contribution in [0.4, 0.5) is 0 Å². The van der Waals surface area contributed by atoms with Crippen molar-refractivity contribution in [1.82, 2.24) is 0 Å². The fourth-order valence-corrected chi connectivity index (χ4v) is 10.3. The van der Waals surface area contributed by atoms with Gasteiger partial charge in [-0.1, -0.05) is 33.6 Å². The molecule has 6 rings (SSSR count). The van der Waals surface area contributed by atoms with Crippen LogP contribution < -0.4 is 0 Å². The minimum absolute atomic E-state index is 0.00913. The largest absolute Gasteiger partial charge is 0.465 e. The topological polar surface area (TPSA) is 61.8 Å². The number of fused-ring (bicyclic) bond motifs is 7. The molecule has 0 N–H and O–H groups in total. The van der Waals surface area contributed by atoms with Gasteiger partial charge in [-0.3, -0.25) is 9.59 Å². The Labute approximate surface area is 205 Å². The molecule has 34 heavy (non-hydrogen) atoms. The van der Waals surface area contributed by atoms with Gasteiger partial charge in [0.05, 0.1) is 25.2 Å². The van der Waals surface area contributed by atoms with E-state index in [1.807, 2.05) is 0 Å². The Bertz CT molecular complexity index is 845. The second-order valence-electron chi connectivity index (χ2n) is 13.5. The average molecular weight is 473 g/mol. The van der Waals surface area contributed by atoms with Crippen molar-refractivity contribution in [3.05, 3.63) is 0 Å². The fraction of sp³-hybridized carbons (Fsp3) is 0.931. The zero-order valence-electron chi connectivity index (χ0n) is 21.6. The number of esters is 1. The van der Waals surface area contributed by atoms with Crippen molar-refractivity contribution in [3.8, 4) is 0 Å². The van der Waals surface area contributed by atoms with Crippen molar-refractivity contribution in [1.29, 1.82) is 0 Å². The minimum Gasteiger partial charge on any atom is -0.465 e. The molecule has 4 aliphatic carbocycles. The van der Waals surface area contributed by atoms with E-state index >= 15 is 0 Å². The number of carbonyl (C=O) groups is 2. The molecule has 2 unspecified atom stereocenters. The van der Waals surface area contributed by atoms with E-state index in [-0.39, 0.29) is 40.7 Å². The predicted octanol–water partition coefficient (Wildman–Crippen LogP) is 5.55. The van der Waals surface area contributed by atoms with Gasteiger partial charge in [-0.05, 0) is 73.0 Å². The number of ketones is 1. The SMILES string of the molecule is CC(=O)OC[C@H]1[C@H]2[C@H](C[C@H]3[C@@H]4CCC5CCCC[C@]5(C)[C@H]4C(=O)C[C@]23C)O[C@]12CCC(C)CO2. The standard InChI is InChI=1S/C29H44O5/c1-17-10-12-29(33-15-17)22(16-32-18(2)30)26-24(34-29)13-21-20-9-8-19-7-5-6-11-27(19,3)25(20)23(31)14-28(21,26)4/h17,19-22,24-26H,5-16H2,1-4H3/t17?,19?,20-,21-,22-,24-,25+,26-,27-,28-,29+/m0/s1. The van der Waals surface area contributed by atoms with Crippen LogP contribution in [0.15, 0.2) is 0 Å². The van der Waals surface area contributed by atoms with Crippen LogP contribution in [0.3, 0.4) is 0 Å². The third kappa shape index (κ3) is 3.24. The van der Waals surface area contributed by atoms with Crippen LogP contribution in [-0.4, -0.2) is 36.9 Å². The molecule has 0 aromatic rings. The summed E-state index contributed by atoms with van der Waals surface area (Å²) in [6, 6.07) is 0. The Kier molecular flexibility index (Phi) is 5.54. The maximum Gasteiger partial charge on any atom is 0.302 e. The molecule has 5 nitrogen and oxygen atoms in total. The van der Waals surface area contributed by atoms with Crippen LogP contribution in [0.5, 0.6) is 0 Å². The van der Waals surface area contributed by atoms with Gasteiger partial charge >= 0.3 is 5.97 Å². The van der Waals surface area contributed by atoms with Crippen molar-refractivity contribution in [2.45, 2.75) is 104 Å². The highest BCUT2D eigenvalue weighted by Gasteiger charge is 2.71. The molecule has 2 heterocycles. The maximum absolute atomic E-state index is 14.1. The normalized spacial score (nSPS) is 54.2. The molecular formula is C29H44O5. The fourth-order valence-electron chi connectivity index (χ4n) is 10.3. The van der Waals surface area contributed by atoms with Crippen LogP contribution in [0.1, 0.15) is 91.9 Å². The zero-order valence-corrected chi connectivity index (χ0v) is 21.6. The summed E-state index contributed by atoms with van der Waals surface area (Å²) in [5, 5.41) is 0. The predicted molar refractivity (Wildman–Crippen MR) is 128 cm³/mol. The van der Waals surface area contributed by atoms with Gasteiger partial charge in [-0.15, -0.1) is 0 Å². The van der Waals surface area contributed by atoms with Crippen LogP contribution in [0, 0.1) is 52.3 Å². The Hall–Kier alpha value is -0.940. The lowest BCUT2D eigenvalue weighted by atomic mass is 9.44. The first-order chi connectivity index (χ1) is 16.2. The first-order valence-corrected chi connectivity index (χ1v) is 14.2. The van der Waals surface area contributed by atoms with Crippen molar-refractivity contribution >= 4 is 11.8 Å². The molecule has 0 radical (unpaired) electrons. The van der Waals surface area contributed by atoms with E-state index in [1.54, 1.807) is 0 Å². The van der Waals surface area contributed by atoms with E-state index in [9.17, 15) is 9.59 Å².